The maximum Gasteiger partial charge on any atom is 0.565 e. The molecule has 0 bridgehead atoms. The lowest BCUT2D eigenvalue weighted by Gasteiger charge is -2.29. The molecule has 1 aromatic rings. The molecule has 1 rings (SSSR count). The lowest BCUT2D eigenvalue weighted by molar-refractivity contribution is 0.159. The zero-order valence-corrected chi connectivity index (χ0v) is 16.6. The van der Waals surface area contributed by atoms with Crippen LogP contribution in [0.1, 0.15) is 57.1 Å². The van der Waals surface area contributed by atoms with E-state index in [9.17, 15) is 0 Å². The molecule has 0 heterocycles. The Labute approximate surface area is 142 Å². The van der Waals surface area contributed by atoms with Gasteiger partial charge < -0.3 is 13.3 Å². The molecule has 1 aromatic carbocycles. The fourth-order valence-electron chi connectivity index (χ4n) is 2.36. The molecule has 126 valence electrons. The van der Waals surface area contributed by atoms with Crippen LogP contribution in [-0.4, -0.2) is 28.8 Å². The Bertz CT molecular complexity index is 459. The van der Waals surface area contributed by atoms with E-state index >= 15 is 0 Å². The lowest BCUT2D eigenvalue weighted by atomic mass is 9.95. The van der Waals surface area contributed by atoms with Crippen molar-refractivity contribution in [1.29, 1.82) is 0 Å². The predicted molar refractivity (Wildman–Crippen MR) is 98.3 cm³/mol. The van der Waals surface area contributed by atoms with E-state index < -0.39 is 8.80 Å². The van der Waals surface area contributed by atoms with Gasteiger partial charge in [-0.2, -0.15) is 12.6 Å². The zero-order valence-electron chi connectivity index (χ0n) is 14.7. The van der Waals surface area contributed by atoms with Gasteiger partial charge in [-0.15, -0.1) is 0 Å². The summed E-state index contributed by atoms with van der Waals surface area (Å²) in [6.45, 7) is 8.78. The van der Waals surface area contributed by atoms with Crippen LogP contribution in [0, 0.1) is 0 Å². The molecule has 0 unspecified atom stereocenters. The average molecular weight is 343 g/mol. The van der Waals surface area contributed by atoms with Crippen LogP contribution in [0.4, 0.5) is 0 Å². The van der Waals surface area contributed by atoms with Gasteiger partial charge in [0.1, 0.15) is 5.75 Å². The third-order valence-corrected chi connectivity index (χ3v) is 6.91. The van der Waals surface area contributed by atoms with Crippen LogP contribution in [0.3, 0.4) is 0 Å². The molecule has 0 saturated heterocycles. The Hall–Kier alpha value is -0.493. The van der Waals surface area contributed by atoms with Gasteiger partial charge in [-0.05, 0) is 41.2 Å². The van der Waals surface area contributed by atoms with E-state index in [1.165, 1.54) is 11.1 Å². The number of hydrogen-bond donors (Lipinski definition) is 1. The van der Waals surface area contributed by atoms with Crippen LogP contribution in [-0.2, 0) is 8.85 Å². The highest BCUT2D eigenvalue weighted by Crippen LogP contribution is 2.33. The minimum absolute atomic E-state index is 0.388. The van der Waals surface area contributed by atoms with E-state index in [4.69, 9.17) is 13.3 Å². The highest BCUT2D eigenvalue weighted by molar-refractivity contribution is 7.80. The summed E-state index contributed by atoms with van der Waals surface area (Å²) >= 11 is 4.28. The molecule has 0 aliphatic carbocycles. The van der Waals surface area contributed by atoms with Crippen molar-refractivity contribution in [2.45, 2.75) is 52.0 Å². The van der Waals surface area contributed by atoms with Gasteiger partial charge in [0, 0.05) is 20.3 Å². The first-order chi connectivity index (χ1) is 10.4. The van der Waals surface area contributed by atoms with Gasteiger partial charge in [0.05, 0.1) is 0 Å². The molecule has 5 heteroatoms. The summed E-state index contributed by atoms with van der Waals surface area (Å²) in [6.07, 6.45) is 0.915. The molecule has 0 saturated carbocycles. The first-order valence-electron chi connectivity index (χ1n) is 7.93. The van der Waals surface area contributed by atoms with Crippen molar-refractivity contribution in [2.75, 3.05) is 20.0 Å². The largest absolute Gasteiger partial charge is 0.565 e. The second-order valence-corrected chi connectivity index (χ2v) is 9.46. The van der Waals surface area contributed by atoms with Gasteiger partial charge in [0.15, 0.2) is 0 Å². The maximum atomic E-state index is 6.29. The third kappa shape index (κ3) is 5.01. The summed E-state index contributed by atoms with van der Waals surface area (Å²) < 4.78 is 17.6. The zero-order chi connectivity index (χ0) is 16.8. The summed E-state index contributed by atoms with van der Waals surface area (Å²) in [5.74, 6) is 2.57. The summed E-state index contributed by atoms with van der Waals surface area (Å²) in [5, 5.41) is 0. The lowest BCUT2D eigenvalue weighted by Crippen LogP contribution is -2.47. The molecule has 0 aromatic heterocycles. The van der Waals surface area contributed by atoms with E-state index in [1.54, 1.807) is 14.2 Å². The fraction of sp³-hybridized carbons (Fsp3) is 0.647. The van der Waals surface area contributed by atoms with Gasteiger partial charge in [-0.25, -0.2) is 0 Å². The van der Waals surface area contributed by atoms with Crippen LogP contribution in [0.25, 0.3) is 0 Å². The Balaban J connectivity index is 3.13. The second kappa shape index (κ2) is 8.96. The Kier molecular flexibility index (Phi) is 7.97. The summed E-state index contributed by atoms with van der Waals surface area (Å²) in [6, 6.07) is 7.21. The summed E-state index contributed by atoms with van der Waals surface area (Å²) in [7, 11) is 0.669. The number of hydrogen-bond acceptors (Lipinski definition) is 4. The van der Waals surface area contributed by atoms with Gasteiger partial charge >= 0.3 is 8.80 Å². The van der Waals surface area contributed by atoms with Crippen LogP contribution in [0.15, 0.2) is 18.2 Å². The first kappa shape index (κ1) is 19.6. The fourth-order valence-corrected chi connectivity index (χ4v) is 4.79. The highest BCUT2D eigenvalue weighted by Gasteiger charge is 2.41. The van der Waals surface area contributed by atoms with Crippen LogP contribution in [0.5, 0.6) is 5.75 Å². The maximum absolute atomic E-state index is 6.29. The normalized spacial score (nSPS) is 12.2. The Morgan fingerprint density at radius 2 is 1.68 bits per heavy atom. The number of rotatable bonds is 9. The molecule has 0 amide bonds. The van der Waals surface area contributed by atoms with E-state index in [2.05, 4.69) is 58.5 Å². The smallest absolute Gasteiger partial charge is 0.500 e. The van der Waals surface area contributed by atoms with E-state index in [-0.39, 0.29) is 0 Å². The minimum atomic E-state index is -2.68. The van der Waals surface area contributed by atoms with Gasteiger partial charge in [-0.3, -0.25) is 0 Å². The van der Waals surface area contributed by atoms with Gasteiger partial charge in [0.25, 0.3) is 0 Å². The van der Waals surface area contributed by atoms with Crippen molar-refractivity contribution < 1.29 is 13.3 Å². The Morgan fingerprint density at radius 1 is 1.05 bits per heavy atom. The molecule has 0 fully saturated rings. The molecule has 0 radical (unpaired) electrons. The van der Waals surface area contributed by atoms with Gasteiger partial charge in [-0.1, -0.05) is 39.8 Å². The summed E-state index contributed by atoms with van der Waals surface area (Å²) in [4.78, 5) is 0. The predicted octanol–water partition coefficient (Wildman–Crippen LogP) is 4.86. The summed E-state index contributed by atoms with van der Waals surface area (Å²) in [5.41, 5.74) is 2.54. The standard InChI is InChI=1S/C17H30O3SSi/c1-13(2)15-8-9-17(16(12-15)14(3)4)20-22(18-5,19-6)11-7-10-21/h8-9,12-14,21H,7,10-11H2,1-6H3. The topological polar surface area (TPSA) is 27.7 Å². The van der Waals surface area contributed by atoms with Crippen molar-refractivity contribution in [3.8, 4) is 5.75 Å². The average Bonchev–Trinajstić information content (AvgIpc) is 2.51. The first-order valence-corrected chi connectivity index (χ1v) is 10.5. The van der Waals surface area contributed by atoms with Crippen molar-refractivity contribution in [1.82, 2.24) is 0 Å². The minimum Gasteiger partial charge on any atom is -0.500 e. The van der Waals surface area contributed by atoms with E-state index in [1.807, 2.05) is 0 Å². The third-order valence-electron chi connectivity index (χ3n) is 3.85. The molecule has 0 aliphatic rings. The van der Waals surface area contributed by atoms with Crippen molar-refractivity contribution in [2.24, 2.45) is 0 Å². The van der Waals surface area contributed by atoms with Crippen molar-refractivity contribution in [3.05, 3.63) is 29.3 Å². The molecule has 0 N–H and O–H groups in total. The Morgan fingerprint density at radius 3 is 2.14 bits per heavy atom. The molecule has 22 heavy (non-hydrogen) atoms. The quantitative estimate of drug-likeness (QED) is 0.513. The molecular formula is C17H30O3SSi. The number of benzene rings is 1. The van der Waals surface area contributed by atoms with Gasteiger partial charge in [0.2, 0.25) is 0 Å². The monoisotopic (exact) mass is 342 g/mol. The van der Waals surface area contributed by atoms with E-state index in [0.717, 1.165) is 24.0 Å². The number of thiol groups is 1. The highest BCUT2D eigenvalue weighted by atomic mass is 32.1. The van der Waals surface area contributed by atoms with Crippen LogP contribution < -0.4 is 4.43 Å². The molecule has 0 aliphatic heterocycles. The molecule has 0 atom stereocenters. The van der Waals surface area contributed by atoms with Crippen molar-refractivity contribution in [3.63, 3.8) is 0 Å². The van der Waals surface area contributed by atoms with Crippen LogP contribution in [0.2, 0.25) is 6.04 Å². The van der Waals surface area contributed by atoms with Crippen LogP contribution >= 0.6 is 12.6 Å². The molecule has 3 nitrogen and oxygen atoms in total. The van der Waals surface area contributed by atoms with E-state index in [0.29, 0.717) is 11.8 Å². The second-order valence-electron chi connectivity index (χ2n) is 6.13. The molecular weight excluding hydrogens is 312 g/mol. The van der Waals surface area contributed by atoms with Crippen molar-refractivity contribution >= 4 is 21.4 Å². The SMILES string of the molecule is CO[Si](CCCS)(OC)Oc1ccc(C(C)C)cc1C(C)C. The molecule has 0 spiro atoms.